The Hall–Kier alpha value is -2.24. The van der Waals surface area contributed by atoms with Crippen LogP contribution in [0.3, 0.4) is 0 Å². The van der Waals surface area contributed by atoms with Crippen molar-refractivity contribution in [2.45, 2.75) is 13.2 Å². The standard InChI is InChI=1S/C14H11F4NO/c15-10-4-9(5-11(16)6-10)8-19-12-2-1-3-13(7-12)20-14(17)18/h1-7,14,19H,8H2. The molecule has 20 heavy (non-hydrogen) atoms. The summed E-state index contributed by atoms with van der Waals surface area (Å²) in [7, 11) is 0. The van der Waals surface area contributed by atoms with E-state index < -0.39 is 18.2 Å². The summed E-state index contributed by atoms with van der Waals surface area (Å²) in [5.74, 6) is -1.33. The number of benzene rings is 2. The van der Waals surface area contributed by atoms with Gasteiger partial charge in [-0.05, 0) is 29.8 Å². The summed E-state index contributed by atoms with van der Waals surface area (Å²) in [5.41, 5.74) is 0.913. The van der Waals surface area contributed by atoms with Crippen LogP contribution < -0.4 is 10.1 Å². The van der Waals surface area contributed by atoms with Crippen molar-refractivity contribution in [2.24, 2.45) is 0 Å². The average molecular weight is 285 g/mol. The molecule has 2 rings (SSSR count). The number of hydrogen-bond acceptors (Lipinski definition) is 2. The van der Waals surface area contributed by atoms with Gasteiger partial charge >= 0.3 is 6.61 Å². The van der Waals surface area contributed by atoms with Crippen molar-refractivity contribution in [3.63, 3.8) is 0 Å². The lowest BCUT2D eigenvalue weighted by Gasteiger charge is -2.09. The van der Waals surface area contributed by atoms with Crippen LogP contribution in [-0.2, 0) is 6.54 Å². The van der Waals surface area contributed by atoms with E-state index in [-0.39, 0.29) is 12.3 Å². The van der Waals surface area contributed by atoms with Crippen molar-refractivity contribution in [1.29, 1.82) is 0 Å². The molecule has 0 unspecified atom stereocenters. The molecule has 0 atom stereocenters. The van der Waals surface area contributed by atoms with E-state index in [9.17, 15) is 17.6 Å². The molecule has 0 bridgehead atoms. The summed E-state index contributed by atoms with van der Waals surface area (Å²) in [6.45, 7) is -2.74. The van der Waals surface area contributed by atoms with Gasteiger partial charge in [0.15, 0.2) is 0 Å². The summed E-state index contributed by atoms with van der Waals surface area (Å²) in [5, 5.41) is 2.87. The molecule has 0 fully saturated rings. The second-order valence-corrected chi connectivity index (χ2v) is 4.04. The number of ether oxygens (including phenoxy) is 1. The minimum atomic E-state index is -2.90. The smallest absolute Gasteiger partial charge is 0.387 e. The van der Waals surface area contributed by atoms with Gasteiger partial charge in [0.05, 0.1) is 0 Å². The normalized spacial score (nSPS) is 10.7. The molecule has 2 aromatic rings. The lowest BCUT2D eigenvalue weighted by atomic mass is 10.2. The van der Waals surface area contributed by atoms with E-state index in [1.165, 1.54) is 30.3 Å². The maximum atomic E-state index is 13.0. The molecule has 0 heterocycles. The lowest BCUT2D eigenvalue weighted by Crippen LogP contribution is -2.03. The molecule has 0 saturated carbocycles. The number of nitrogens with one attached hydrogen (secondary N) is 1. The second-order valence-electron chi connectivity index (χ2n) is 4.04. The Bertz CT molecular complexity index is 569. The molecule has 0 amide bonds. The van der Waals surface area contributed by atoms with Crippen LogP contribution in [0, 0.1) is 11.6 Å². The SMILES string of the molecule is Fc1cc(F)cc(CNc2cccc(OC(F)F)c2)c1. The number of alkyl halides is 2. The Labute approximate surface area is 113 Å². The van der Waals surface area contributed by atoms with Gasteiger partial charge in [0.25, 0.3) is 0 Å². The molecule has 0 aliphatic heterocycles. The Morgan fingerprint density at radius 2 is 1.70 bits per heavy atom. The third-order valence-corrected chi connectivity index (χ3v) is 2.48. The minimum absolute atomic E-state index is 0.00965. The predicted molar refractivity (Wildman–Crippen MR) is 66.8 cm³/mol. The minimum Gasteiger partial charge on any atom is -0.435 e. The van der Waals surface area contributed by atoms with E-state index in [4.69, 9.17) is 0 Å². The topological polar surface area (TPSA) is 21.3 Å². The average Bonchev–Trinajstić information content (AvgIpc) is 2.35. The zero-order chi connectivity index (χ0) is 14.5. The molecule has 106 valence electrons. The molecular formula is C14H11F4NO. The number of anilines is 1. The van der Waals surface area contributed by atoms with Gasteiger partial charge in [-0.15, -0.1) is 0 Å². The van der Waals surface area contributed by atoms with Gasteiger partial charge in [0, 0.05) is 24.4 Å². The van der Waals surface area contributed by atoms with Crippen molar-refractivity contribution in [1.82, 2.24) is 0 Å². The Morgan fingerprint density at radius 1 is 1.00 bits per heavy atom. The molecule has 6 heteroatoms. The summed E-state index contributed by atoms with van der Waals surface area (Å²) < 4.78 is 54.4. The molecule has 2 aromatic carbocycles. The molecule has 2 nitrogen and oxygen atoms in total. The van der Waals surface area contributed by atoms with Crippen LogP contribution in [0.4, 0.5) is 23.2 Å². The van der Waals surface area contributed by atoms with Crippen molar-refractivity contribution >= 4 is 5.69 Å². The third kappa shape index (κ3) is 4.15. The van der Waals surface area contributed by atoms with Crippen LogP contribution in [0.2, 0.25) is 0 Å². The van der Waals surface area contributed by atoms with Gasteiger partial charge in [-0.3, -0.25) is 0 Å². The van der Waals surface area contributed by atoms with Crippen molar-refractivity contribution in [3.05, 3.63) is 59.7 Å². The van der Waals surface area contributed by atoms with Crippen LogP contribution in [0.1, 0.15) is 5.56 Å². The van der Waals surface area contributed by atoms with Crippen molar-refractivity contribution in [3.8, 4) is 5.75 Å². The highest BCUT2D eigenvalue weighted by Crippen LogP contribution is 2.20. The van der Waals surface area contributed by atoms with E-state index in [0.717, 1.165) is 6.07 Å². The van der Waals surface area contributed by atoms with E-state index in [1.807, 2.05) is 0 Å². The molecule has 0 spiro atoms. The number of rotatable bonds is 5. The highest BCUT2D eigenvalue weighted by molar-refractivity contribution is 5.48. The number of hydrogen-bond donors (Lipinski definition) is 1. The van der Waals surface area contributed by atoms with Crippen molar-refractivity contribution < 1.29 is 22.3 Å². The highest BCUT2D eigenvalue weighted by Gasteiger charge is 2.05. The summed E-state index contributed by atoms with van der Waals surface area (Å²) in [6, 6.07) is 9.09. The van der Waals surface area contributed by atoms with Crippen LogP contribution in [0.5, 0.6) is 5.75 Å². The van der Waals surface area contributed by atoms with Crippen LogP contribution >= 0.6 is 0 Å². The maximum Gasteiger partial charge on any atom is 0.387 e. The Balaban J connectivity index is 2.03. The first-order valence-electron chi connectivity index (χ1n) is 5.76. The van der Waals surface area contributed by atoms with Crippen LogP contribution in [0.25, 0.3) is 0 Å². The highest BCUT2D eigenvalue weighted by atomic mass is 19.3. The predicted octanol–water partition coefficient (Wildman–Crippen LogP) is 4.18. The number of halogens is 4. The fraction of sp³-hybridized carbons (Fsp3) is 0.143. The van der Waals surface area contributed by atoms with Gasteiger partial charge in [0.1, 0.15) is 17.4 Å². The molecule has 0 radical (unpaired) electrons. The first-order chi connectivity index (χ1) is 9.52. The fourth-order valence-electron chi connectivity index (χ4n) is 1.70. The zero-order valence-electron chi connectivity index (χ0n) is 10.2. The van der Waals surface area contributed by atoms with Gasteiger partial charge in [0.2, 0.25) is 0 Å². The van der Waals surface area contributed by atoms with Crippen LogP contribution in [0.15, 0.2) is 42.5 Å². The van der Waals surface area contributed by atoms with E-state index in [0.29, 0.717) is 11.3 Å². The first-order valence-corrected chi connectivity index (χ1v) is 5.76. The fourth-order valence-corrected chi connectivity index (χ4v) is 1.70. The summed E-state index contributed by atoms with van der Waals surface area (Å²) >= 11 is 0. The van der Waals surface area contributed by atoms with Gasteiger partial charge in [-0.2, -0.15) is 8.78 Å². The quantitative estimate of drug-likeness (QED) is 0.832. The first kappa shape index (κ1) is 14.2. The largest absolute Gasteiger partial charge is 0.435 e. The molecule has 0 saturated heterocycles. The summed E-state index contributed by atoms with van der Waals surface area (Å²) in [4.78, 5) is 0. The van der Waals surface area contributed by atoms with Gasteiger partial charge < -0.3 is 10.1 Å². The van der Waals surface area contributed by atoms with Gasteiger partial charge in [-0.1, -0.05) is 6.07 Å². The van der Waals surface area contributed by atoms with Crippen LogP contribution in [-0.4, -0.2) is 6.61 Å². The Kier molecular flexibility index (Phi) is 4.45. The lowest BCUT2D eigenvalue weighted by molar-refractivity contribution is -0.0498. The second kappa shape index (κ2) is 6.27. The van der Waals surface area contributed by atoms with Crippen molar-refractivity contribution in [2.75, 3.05) is 5.32 Å². The zero-order valence-corrected chi connectivity index (χ0v) is 10.2. The molecular weight excluding hydrogens is 274 g/mol. The molecule has 1 N–H and O–H groups in total. The van der Waals surface area contributed by atoms with Gasteiger partial charge in [-0.25, -0.2) is 8.78 Å². The summed E-state index contributed by atoms with van der Waals surface area (Å²) in [6.07, 6.45) is 0. The van der Waals surface area contributed by atoms with E-state index in [1.54, 1.807) is 6.07 Å². The third-order valence-electron chi connectivity index (χ3n) is 2.48. The monoisotopic (exact) mass is 285 g/mol. The van der Waals surface area contributed by atoms with E-state index >= 15 is 0 Å². The Morgan fingerprint density at radius 3 is 2.35 bits per heavy atom. The molecule has 0 aromatic heterocycles. The maximum absolute atomic E-state index is 13.0. The molecule has 0 aliphatic rings. The van der Waals surface area contributed by atoms with E-state index in [2.05, 4.69) is 10.1 Å². The molecule has 0 aliphatic carbocycles.